The highest BCUT2D eigenvalue weighted by Crippen LogP contribution is 2.31. The maximum absolute atomic E-state index is 6.00. The van der Waals surface area contributed by atoms with Crippen LogP contribution in [0.5, 0.6) is 0 Å². The summed E-state index contributed by atoms with van der Waals surface area (Å²) in [4.78, 5) is 4.50. The van der Waals surface area contributed by atoms with E-state index in [0.29, 0.717) is 21.8 Å². The van der Waals surface area contributed by atoms with Crippen LogP contribution in [0.4, 0.5) is 0 Å². The van der Waals surface area contributed by atoms with Crippen molar-refractivity contribution in [1.29, 1.82) is 0 Å². The Morgan fingerprint density at radius 2 is 1.95 bits per heavy atom. The first-order valence-electron chi connectivity index (χ1n) is 6.62. The first-order chi connectivity index (χ1) is 9.57. The molecule has 2 heterocycles. The summed E-state index contributed by atoms with van der Waals surface area (Å²) < 4.78 is 5.43. The average molecular weight is 312 g/mol. The van der Waals surface area contributed by atoms with Gasteiger partial charge in [0.2, 0.25) is 11.7 Å². The predicted molar refractivity (Wildman–Crippen MR) is 79.0 cm³/mol. The van der Waals surface area contributed by atoms with Gasteiger partial charge in [0.15, 0.2) is 0 Å². The highest BCUT2D eigenvalue weighted by molar-refractivity contribution is 6.35. The molecular formula is C14H15Cl2N3O. The van der Waals surface area contributed by atoms with Gasteiger partial charge in [-0.15, -0.1) is 0 Å². The average Bonchev–Trinajstić information content (AvgIpc) is 2.89. The van der Waals surface area contributed by atoms with Crippen molar-refractivity contribution >= 4 is 23.2 Å². The molecular weight excluding hydrogens is 297 g/mol. The quantitative estimate of drug-likeness (QED) is 0.909. The summed E-state index contributed by atoms with van der Waals surface area (Å²) in [5.74, 6) is 1.13. The lowest BCUT2D eigenvalue weighted by Crippen LogP contribution is -2.43. The van der Waals surface area contributed by atoms with Gasteiger partial charge in [-0.3, -0.25) is 0 Å². The lowest BCUT2D eigenvalue weighted by atomic mass is 9.91. The lowest BCUT2D eigenvalue weighted by molar-refractivity contribution is 0.207. The maximum Gasteiger partial charge on any atom is 0.246 e. The van der Waals surface area contributed by atoms with Gasteiger partial charge >= 0.3 is 0 Å². The molecule has 0 amide bonds. The molecule has 1 unspecified atom stereocenters. The fourth-order valence-electron chi connectivity index (χ4n) is 2.49. The fourth-order valence-corrected chi connectivity index (χ4v) is 3.01. The molecule has 20 heavy (non-hydrogen) atoms. The summed E-state index contributed by atoms with van der Waals surface area (Å²) in [7, 11) is 0. The molecule has 1 aromatic carbocycles. The van der Waals surface area contributed by atoms with E-state index in [1.165, 1.54) is 6.42 Å². The topological polar surface area (TPSA) is 51.0 Å². The molecule has 0 saturated carbocycles. The van der Waals surface area contributed by atoms with Gasteiger partial charge in [0.1, 0.15) is 0 Å². The summed E-state index contributed by atoms with van der Waals surface area (Å²) in [6.45, 7) is 3.06. The number of aromatic nitrogens is 2. The zero-order chi connectivity index (χ0) is 14.2. The van der Waals surface area contributed by atoms with Gasteiger partial charge in [0, 0.05) is 15.6 Å². The van der Waals surface area contributed by atoms with E-state index in [9.17, 15) is 0 Å². The number of benzene rings is 1. The minimum atomic E-state index is -0.244. The minimum absolute atomic E-state index is 0.244. The lowest BCUT2D eigenvalue weighted by Gasteiger charge is -2.31. The third-order valence-corrected chi connectivity index (χ3v) is 4.07. The van der Waals surface area contributed by atoms with E-state index in [2.05, 4.69) is 22.4 Å². The standard InChI is InChI=1S/C14H15Cl2N3O/c1-14(4-2-3-5-17-14)13-18-12(19-20-13)9-6-10(15)8-11(16)7-9/h6-8,17H,2-5H2,1H3. The number of piperidine rings is 1. The monoisotopic (exact) mass is 311 g/mol. The van der Waals surface area contributed by atoms with E-state index < -0.39 is 0 Å². The Hall–Kier alpha value is -1.10. The molecule has 1 saturated heterocycles. The second kappa shape index (κ2) is 5.35. The Morgan fingerprint density at radius 3 is 2.60 bits per heavy atom. The van der Waals surface area contributed by atoms with Crippen molar-refractivity contribution in [3.63, 3.8) is 0 Å². The third kappa shape index (κ3) is 2.68. The molecule has 1 aliphatic rings. The second-order valence-electron chi connectivity index (χ2n) is 5.30. The van der Waals surface area contributed by atoms with Crippen LogP contribution < -0.4 is 5.32 Å². The minimum Gasteiger partial charge on any atom is -0.337 e. The molecule has 0 radical (unpaired) electrons. The molecule has 0 bridgehead atoms. The van der Waals surface area contributed by atoms with Crippen LogP contribution in [0.1, 0.15) is 32.1 Å². The number of nitrogens with zero attached hydrogens (tertiary/aromatic N) is 2. The summed E-state index contributed by atoms with van der Waals surface area (Å²) in [6, 6.07) is 5.23. The maximum atomic E-state index is 6.00. The van der Waals surface area contributed by atoms with Gasteiger partial charge in [-0.25, -0.2) is 0 Å². The number of rotatable bonds is 2. The zero-order valence-electron chi connectivity index (χ0n) is 11.1. The molecule has 1 atom stereocenters. The number of hydrogen-bond acceptors (Lipinski definition) is 4. The van der Waals surface area contributed by atoms with Crippen LogP contribution in [0.3, 0.4) is 0 Å². The van der Waals surface area contributed by atoms with Crippen LogP contribution >= 0.6 is 23.2 Å². The van der Waals surface area contributed by atoms with Crippen LogP contribution in [0.2, 0.25) is 10.0 Å². The van der Waals surface area contributed by atoms with Crippen molar-refractivity contribution in [1.82, 2.24) is 15.5 Å². The molecule has 1 aromatic heterocycles. The Balaban J connectivity index is 1.93. The molecule has 0 aliphatic carbocycles. The van der Waals surface area contributed by atoms with E-state index in [-0.39, 0.29) is 5.54 Å². The Bertz CT molecular complexity index is 600. The zero-order valence-corrected chi connectivity index (χ0v) is 12.6. The molecule has 1 N–H and O–H groups in total. The van der Waals surface area contributed by atoms with Crippen molar-refractivity contribution in [3.8, 4) is 11.4 Å². The molecule has 0 spiro atoms. The van der Waals surface area contributed by atoms with E-state index in [0.717, 1.165) is 24.9 Å². The predicted octanol–water partition coefficient (Wildman–Crippen LogP) is 4.03. The normalized spacial score (nSPS) is 22.9. The van der Waals surface area contributed by atoms with Crippen molar-refractivity contribution in [3.05, 3.63) is 34.1 Å². The summed E-state index contributed by atoms with van der Waals surface area (Å²) in [6.07, 6.45) is 3.33. The van der Waals surface area contributed by atoms with Crippen LogP contribution in [-0.2, 0) is 5.54 Å². The Labute approximate surface area is 127 Å². The van der Waals surface area contributed by atoms with Gasteiger partial charge in [0.25, 0.3) is 0 Å². The molecule has 4 nitrogen and oxygen atoms in total. The molecule has 3 rings (SSSR count). The summed E-state index contributed by atoms with van der Waals surface area (Å²) >= 11 is 12.0. The number of nitrogens with one attached hydrogen (secondary N) is 1. The van der Waals surface area contributed by atoms with Crippen LogP contribution in [0, 0.1) is 0 Å². The van der Waals surface area contributed by atoms with Crippen molar-refractivity contribution in [2.24, 2.45) is 0 Å². The van der Waals surface area contributed by atoms with Gasteiger partial charge < -0.3 is 9.84 Å². The van der Waals surface area contributed by atoms with E-state index in [1.807, 2.05) is 0 Å². The fraction of sp³-hybridized carbons (Fsp3) is 0.429. The van der Waals surface area contributed by atoms with E-state index in [4.69, 9.17) is 27.7 Å². The molecule has 6 heteroatoms. The van der Waals surface area contributed by atoms with Gasteiger partial charge in [-0.2, -0.15) is 4.98 Å². The first-order valence-corrected chi connectivity index (χ1v) is 7.38. The van der Waals surface area contributed by atoms with Gasteiger partial charge in [-0.05, 0) is 50.9 Å². The summed E-state index contributed by atoms with van der Waals surface area (Å²) in [5.41, 5.74) is 0.517. The van der Waals surface area contributed by atoms with Crippen molar-refractivity contribution in [2.75, 3.05) is 6.54 Å². The van der Waals surface area contributed by atoms with Gasteiger partial charge in [-0.1, -0.05) is 28.4 Å². The smallest absolute Gasteiger partial charge is 0.246 e. The molecule has 2 aromatic rings. The number of hydrogen-bond donors (Lipinski definition) is 1. The highest BCUT2D eigenvalue weighted by atomic mass is 35.5. The Morgan fingerprint density at radius 1 is 1.20 bits per heavy atom. The Kier molecular flexibility index (Phi) is 3.71. The number of halogens is 2. The van der Waals surface area contributed by atoms with Crippen LogP contribution in [0.25, 0.3) is 11.4 Å². The van der Waals surface area contributed by atoms with Gasteiger partial charge in [0.05, 0.1) is 5.54 Å². The van der Waals surface area contributed by atoms with Crippen LogP contribution in [-0.4, -0.2) is 16.7 Å². The van der Waals surface area contributed by atoms with E-state index >= 15 is 0 Å². The molecule has 106 valence electrons. The van der Waals surface area contributed by atoms with Crippen LogP contribution in [0.15, 0.2) is 22.7 Å². The second-order valence-corrected chi connectivity index (χ2v) is 6.17. The highest BCUT2D eigenvalue weighted by Gasteiger charge is 2.34. The molecule has 1 aliphatic heterocycles. The first kappa shape index (κ1) is 13.9. The largest absolute Gasteiger partial charge is 0.337 e. The van der Waals surface area contributed by atoms with Crippen molar-refractivity contribution < 1.29 is 4.52 Å². The SMILES string of the molecule is CC1(c2nc(-c3cc(Cl)cc(Cl)c3)no2)CCCCN1. The molecule has 1 fully saturated rings. The third-order valence-electron chi connectivity index (χ3n) is 3.64. The van der Waals surface area contributed by atoms with Crippen molar-refractivity contribution in [2.45, 2.75) is 31.7 Å². The van der Waals surface area contributed by atoms with E-state index in [1.54, 1.807) is 18.2 Å². The summed E-state index contributed by atoms with van der Waals surface area (Å²) in [5, 5.41) is 8.61.